The third kappa shape index (κ3) is 4.20. The summed E-state index contributed by atoms with van der Waals surface area (Å²) in [5.41, 5.74) is 0.721. The van der Waals surface area contributed by atoms with Crippen LogP contribution >= 0.6 is 0 Å². The molecule has 0 spiro atoms. The van der Waals surface area contributed by atoms with Crippen LogP contribution < -0.4 is 14.2 Å². The summed E-state index contributed by atoms with van der Waals surface area (Å²) in [6.07, 6.45) is 1.33. The molecule has 0 aromatic heterocycles. The van der Waals surface area contributed by atoms with Crippen molar-refractivity contribution in [2.24, 2.45) is 5.16 Å². The highest BCUT2D eigenvalue weighted by Crippen LogP contribution is 2.27. The van der Waals surface area contributed by atoms with Crippen molar-refractivity contribution in [2.45, 2.75) is 0 Å². The van der Waals surface area contributed by atoms with Gasteiger partial charge < -0.3 is 19.4 Å². The van der Waals surface area contributed by atoms with E-state index in [-0.39, 0.29) is 0 Å². The minimum atomic E-state index is 0.386. The van der Waals surface area contributed by atoms with Crippen molar-refractivity contribution >= 4 is 17.0 Å². The van der Waals surface area contributed by atoms with Gasteiger partial charge in [-0.25, -0.2) is 0 Å². The molecule has 0 aliphatic rings. The molecule has 128 valence electrons. The normalized spacial score (nSPS) is 10.9. The van der Waals surface area contributed by atoms with E-state index in [4.69, 9.17) is 19.4 Å². The summed E-state index contributed by atoms with van der Waals surface area (Å²) >= 11 is 0. The van der Waals surface area contributed by atoms with Gasteiger partial charge in [-0.2, -0.15) is 0 Å². The maximum atomic E-state index is 8.58. The molecule has 0 unspecified atom stereocenters. The lowest BCUT2D eigenvalue weighted by Gasteiger charge is -2.12. The molecule has 0 saturated heterocycles. The summed E-state index contributed by atoms with van der Waals surface area (Å²) in [4.78, 5) is 0. The molecule has 0 radical (unpaired) electrons. The van der Waals surface area contributed by atoms with Crippen LogP contribution in [0.1, 0.15) is 5.56 Å². The number of ether oxygens (including phenoxy) is 3. The summed E-state index contributed by atoms with van der Waals surface area (Å²) < 4.78 is 16.8. The SMILES string of the molecule is COc1cc(/C=N/O)ccc1OCCOc1ccc2ccccc2c1. The van der Waals surface area contributed by atoms with Gasteiger partial charge in [0.05, 0.1) is 13.3 Å². The van der Waals surface area contributed by atoms with Crippen molar-refractivity contribution in [1.29, 1.82) is 0 Å². The van der Waals surface area contributed by atoms with E-state index in [0.717, 1.165) is 16.7 Å². The van der Waals surface area contributed by atoms with Crippen LogP contribution in [0.25, 0.3) is 10.8 Å². The van der Waals surface area contributed by atoms with Crippen LogP contribution in [0.5, 0.6) is 17.2 Å². The number of oxime groups is 1. The zero-order valence-corrected chi connectivity index (χ0v) is 13.9. The zero-order valence-electron chi connectivity index (χ0n) is 13.9. The molecular weight excluding hydrogens is 318 g/mol. The van der Waals surface area contributed by atoms with E-state index < -0.39 is 0 Å². The zero-order chi connectivity index (χ0) is 17.5. The molecule has 0 saturated carbocycles. The summed E-state index contributed by atoms with van der Waals surface area (Å²) in [5.74, 6) is 1.99. The monoisotopic (exact) mass is 337 g/mol. The Labute approximate surface area is 146 Å². The van der Waals surface area contributed by atoms with E-state index >= 15 is 0 Å². The number of nitrogens with zero attached hydrogens (tertiary/aromatic N) is 1. The van der Waals surface area contributed by atoms with Crippen LogP contribution in [0.3, 0.4) is 0 Å². The maximum absolute atomic E-state index is 8.58. The second kappa shape index (κ2) is 8.06. The number of rotatable bonds is 7. The van der Waals surface area contributed by atoms with Gasteiger partial charge in [0.1, 0.15) is 19.0 Å². The fourth-order valence-corrected chi connectivity index (χ4v) is 2.52. The predicted octanol–water partition coefficient (Wildman–Crippen LogP) is 4.11. The summed E-state index contributed by atoms with van der Waals surface area (Å²) in [7, 11) is 1.56. The van der Waals surface area contributed by atoms with Gasteiger partial charge in [-0.3, -0.25) is 0 Å². The van der Waals surface area contributed by atoms with Crippen molar-refractivity contribution in [3.63, 3.8) is 0 Å². The second-order valence-corrected chi connectivity index (χ2v) is 5.36. The molecule has 1 N–H and O–H groups in total. The molecule has 3 aromatic carbocycles. The molecule has 0 aliphatic heterocycles. The van der Waals surface area contributed by atoms with Crippen LogP contribution in [0.4, 0.5) is 0 Å². The minimum absolute atomic E-state index is 0.386. The molecule has 3 rings (SSSR count). The molecule has 5 heteroatoms. The molecule has 0 amide bonds. The Kier molecular flexibility index (Phi) is 5.36. The maximum Gasteiger partial charge on any atom is 0.161 e. The number of fused-ring (bicyclic) bond motifs is 1. The molecule has 0 atom stereocenters. The number of benzene rings is 3. The van der Waals surface area contributed by atoms with Gasteiger partial charge in [-0.05, 0) is 41.1 Å². The lowest BCUT2D eigenvalue weighted by molar-refractivity contribution is 0.211. The molecule has 0 heterocycles. The summed E-state index contributed by atoms with van der Waals surface area (Å²) in [6.45, 7) is 0.804. The standard InChI is InChI=1S/C20H19NO4/c1-23-20-12-15(14-21-22)6-9-19(20)25-11-10-24-18-8-7-16-4-2-3-5-17(16)13-18/h2-9,12-14,22H,10-11H2,1H3/b21-14+. The van der Waals surface area contributed by atoms with E-state index in [1.807, 2.05) is 30.3 Å². The Morgan fingerprint density at radius 2 is 1.68 bits per heavy atom. The van der Waals surface area contributed by atoms with Crippen LogP contribution in [0, 0.1) is 0 Å². The van der Waals surface area contributed by atoms with E-state index in [1.54, 1.807) is 25.3 Å². The molecular formula is C20H19NO4. The van der Waals surface area contributed by atoms with E-state index in [2.05, 4.69) is 17.3 Å². The average Bonchev–Trinajstić information content (AvgIpc) is 2.66. The van der Waals surface area contributed by atoms with Crippen molar-refractivity contribution in [2.75, 3.05) is 20.3 Å². The summed E-state index contributed by atoms with van der Waals surface area (Å²) in [6, 6.07) is 19.4. The van der Waals surface area contributed by atoms with Gasteiger partial charge in [-0.15, -0.1) is 0 Å². The number of methoxy groups -OCH3 is 1. The molecule has 3 aromatic rings. The third-order valence-corrected chi connectivity index (χ3v) is 3.73. The first-order valence-corrected chi connectivity index (χ1v) is 7.90. The van der Waals surface area contributed by atoms with Crippen LogP contribution in [-0.4, -0.2) is 31.7 Å². The largest absolute Gasteiger partial charge is 0.493 e. The number of hydrogen-bond donors (Lipinski definition) is 1. The van der Waals surface area contributed by atoms with Crippen molar-refractivity contribution in [1.82, 2.24) is 0 Å². The Morgan fingerprint density at radius 3 is 2.48 bits per heavy atom. The van der Waals surface area contributed by atoms with E-state index in [0.29, 0.717) is 24.7 Å². The van der Waals surface area contributed by atoms with Crippen LogP contribution in [0.2, 0.25) is 0 Å². The van der Waals surface area contributed by atoms with Gasteiger partial charge in [-0.1, -0.05) is 35.5 Å². The first-order chi connectivity index (χ1) is 12.3. The molecule has 0 fully saturated rings. The summed E-state index contributed by atoms with van der Waals surface area (Å²) in [5, 5.41) is 13.9. The third-order valence-electron chi connectivity index (χ3n) is 3.73. The van der Waals surface area contributed by atoms with Gasteiger partial charge in [0.2, 0.25) is 0 Å². The number of hydrogen-bond acceptors (Lipinski definition) is 5. The van der Waals surface area contributed by atoms with E-state index in [1.165, 1.54) is 11.6 Å². The first kappa shape index (κ1) is 16.6. The van der Waals surface area contributed by atoms with Crippen molar-refractivity contribution < 1.29 is 19.4 Å². The fourth-order valence-electron chi connectivity index (χ4n) is 2.52. The molecule has 0 aliphatic carbocycles. The smallest absolute Gasteiger partial charge is 0.161 e. The van der Waals surface area contributed by atoms with Gasteiger partial charge in [0, 0.05) is 5.56 Å². The highest BCUT2D eigenvalue weighted by Gasteiger charge is 2.05. The molecule has 25 heavy (non-hydrogen) atoms. The Hall–Kier alpha value is -3.21. The first-order valence-electron chi connectivity index (χ1n) is 7.90. The minimum Gasteiger partial charge on any atom is -0.493 e. The molecule has 0 bridgehead atoms. The molecule has 5 nitrogen and oxygen atoms in total. The predicted molar refractivity (Wildman–Crippen MR) is 97.3 cm³/mol. The van der Waals surface area contributed by atoms with E-state index in [9.17, 15) is 0 Å². The topological polar surface area (TPSA) is 60.3 Å². The van der Waals surface area contributed by atoms with Crippen LogP contribution in [-0.2, 0) is 0 Å². The Balaban J connectivity index is 1.57. The van der Waals surface area contributed by atoms with Gasteiger partial charge >= 0.3 is 0 Å². The average molecular weight is 337 g/mol. The Bertz CT molecular complexity index is 876. The van der Waals surface area contributed by atoms with Gasteiger partial charge in [0.15, 0.2) is 11.5 Å². The lowest BCUT2D eigenvalue weighted by atomic mass is 10.1. The van der Waals surface area contributed by atoms with Gasteiger partial charge in [0.25, 0.3) is 0 Å². The van der Waals surface area contributed by atoms with Crippen molar-refractivity contribution in [3.05, 3.63) is 66.2 Å². The Morgan fingerprint density at radius 1 is 0.880 bits per heavy atom. The van der Waals surface area contributed by atoms with Crippen molar-refractivity contribution in [3.8, 4) is 17.2 Å². The van der Waals surface area contributed by atoms with Crippen LogP contribution in [0.15, 0.2) is 65.8 Å². The lowest BCUT2D eigenvalue weighted by Crippen LogP contribution is -2.09. The quantitative estimate of drug-likeness (QED) is 0.305. The second-order valence-electron chi connectivity index (χ2n) is 5.36. The highest BCUT2D eigenvalue weighted by molar-refractivity contribution is 5.83. The highest BCUT2D eigenvalue weighted by atomic mass is 16.5. The fraction of sp³-hybridized carbons (Fsp3) is 0.150.